The molecule has 0 saturated heterocycles. The van der Waals surface area contributed by atoms with Crippen LogP contribution in [0.4, 0.5) is 39.5 Å². The van der Waals surface area contributed by atoms with Gasteiger partial charge in [0.15, 0.2) is 17.3 Å². The maximum atomic E-state index is 12.7. The molecule has 1 rings (SSSR count). The number of alkyl halides is 9. The zero-order valence-corrected chi connectivity index (χ0v) is 13.5. The SMILES string of the molecule is NCCc1cc(O)c(O)c(C(=O)COC(C(F)(F)F)(C(F)(F)F)C(F)(F)F)c1. The van der Waals surface area contributed by atoms with Crippen LogP contribution in [0.3, 0.4) is 0 Å². The Kier molecular flexibility index (Phi) is 6.51. The molecule has 0 bridgehead atoms. The lowest BCUT2D eigenvalue weighted by atomic mass is 10.0. The predicted molar refractivity (Wildman–Crippen MR) is 73.7 cm³/mol. The third-order valence-corrected chi connectivity index (χ3v) is 3.50. The summed E-state index contributed by atoms with van der Waals surface area (Å²) in [6, 6.07) is 1.63. The van der Waals surface area contributed by atoms with Crippen molar-refractivity contribution in [3.63, 3.8) is 0 Å². The first-order chi connectivity index (χ1) is 12.5. The van der Waals surface area contributed by atoms with E-state index in [1.807, 2.05) is 0 Å². The minimum Gasteiger partial charge on any atom is -0.504 e. The Morgan fingerprint density at radius 1 is 0.929 bits per heavy atom. The van der Waals surface area contributed by atoms with E-state index in [2.05, 4.69) is 4.74 Å². The standard InChI is InChI=1S/C14H12F9NO4/c15-12(16,17)11(13(18,19)20,14(21,22)23)28-5-9(26)7-3-6(1-2-24)4-8(25)10(7)27/h3-4,25,27H,1-2,5,24H2. The fourth-order valence-electron chi connectivity index (χ4n) is 2.18. The number of halogens is 9. The Balaban J connectivity index is 3.35. The van der Waals surface area contributed by atoms with Gasteiger partial charge in [-0.25, -0.2) is 0 Å². The van der Waals surface area contributed by atoms with Gasteiger partial charge in [-0.05, 0) is 30.7 Å². The molecule has 0 unspecified atom stereocenters. The van der Waals surface area contributed by atoms with Gasteiger partial charge in [-0.3, -0.25) is 4.79 Å². The number of Topliss-reactive ketones (excluding diaryl/α,β-unsaturated/α-hetero) is 1. The van der Waals surface area contributed by atoms with E-state index in [-0.39, 0.29) is 18.5 Å². The topological polar surface area (TPSA) is 92.8 Å². The third-order valence-electron chi connectivity index (χ3n) is 3.50. The van der Waals surface area contributed by atoms with Crippen molar-refractivity contribution in [2.24, 2.45) is 5.73 Å². The minimum absolute atomic E-state index is 0.0352. The highest BCUT2D eigenvalue weighted by Crippen LogP contribution is 2.54. The van der Waals surface area contributed by atoms with Crippen molar-refractivity contribution in [1.29, 1.82) is 0 Å². The van der Waals surface area contributed by atoms with Crippen LogP contribution in [0.15, 0.2) is 12.1 Å². The van der Waals surface area contributed by atoms with E-state index in [1.165, 1.54) is 0 Å². The zero-order chi connectivity index (χ0) is 22.1. The first kappa shape index (κ1) is 23.8. The highest BCUT2D eigenvalue weighted by molar-refractivity contribution is 6.00. The molecule has 0 radical (unpaired) electrons. The second kappa shape index (κ2) is 7.66. The van der Waals surface area contributed by atoms with Crippen LogP contribution in [0, 0.1) is 0 Å². The molecular formula is C14H12F9NO4. The lowest BCUT2D eigenvalue weighted by molar-refractivity contribution is -0.455. The maximum absolute atomic E-state index is 12.7. The van der Waals surface area contributed by atoms with Crippen molar-refractivity contribution in [3.05, 3.63) is 23.3 Å². The number of aromatic hydroxyl groups is 2. The Morgan fingerprint density at radius 3 is 1.79 bits per heavy atom. The van der Waals surface area contributed by atoms with Crippen molar-refractivity contribution in [2.75, 3.05) is 13.2 Å². The summed E-state index contributed by atoms with van der Waals surface area (Å²) in [5, 5.41) is 19.0. The van der Waals surface area contributed by atoms with Crippen molar-refractivity contribution >= 4 is 5.78 Å². The summed E-state index contributed by atoms with van der Waals surface area (Å²) < 4.78 is 118. The lowest BCUT2D eigenvalue weighted by Crippen LogP contribution is -2.68. The molecule has 1 aromatic rings. The van der Waals surface area contributed by atoms with Crippen molar-refractivity contribution in [3.8, 4) is 11.5 Å². The van der Waals surface area contributed by atoms with Gasteiger partial charge in [0, 0.05) is 0 Å². The number of ether oxygens (including phenoxy) is 1. The van der Waals surface area contributed by atoms with E-state index in [0.29, 0.717) is 0 Å². The normalized spacial score (nSPS) is 13.6. The largest absolute Gasteiger partial charge is 0.504 e. The average molecular weight is 429 g/mol. The molecule has 14 heteroatoms. The van der Waals surface area contributed by atoms with Gasteiger partial charge in [0.25, 0.3) is 0 Å². The van der Waals surface area contributed by atoms with E-state index in [9.17, 15) is 54.5 Å². The van der Waals surface area contributed by atoms with Crippen LogP contribution < -0.4 is 5.73 Å². The van der Waals surface area contributed by atoms with Gasteiger partial charge in [0.05, 0.1) is 5.56 Å². The molecule has 0 fully saturated rings. The molecule has 28 heavy (non-hydrogen) atoms. The number of rotatable bonds is 6. The van der Waals surface area contributed by atoms with E-state index < -0.39 is 53.6 Å². The lowest BCUT2D eigenvalue weighted by Gasteiger charge is -2.37. The second-order valence-electron chi connectivity index (χ2n) is 5.44. The molecule has 5 nitrogen and oxygen atoms in total. The third kappa shape index (κ3) is 4.27. The number of phenols is 2. The van der Waals surface area contributed by atoms with Crippen LogP contribution in [0.1, 0.15) is 15.9 Å². The molecule has 0 aliphatic carbocycles. The molecule has 0 aliphatic rings. The molecule has 0 heterocycles. The van der Waals surface area contributed by atoms with Gasteiger partial charge in [0.2, 0.25) is 0 Å². The first-order valence-electron chi connectivity index (χ1n) is 7.12. The highest BCUT2D eigenvalue weighted by Gasteiger charge is 2.85. The Bertz CT molecular complexity index is 689. The molecule has 0 spiro atoms. The summed E-state index contributed by atoms with van der Waals surface area (Å²) in [5.41, 5.74) is -2.43. The summed E-state index contributed by atoms with van der Waals surface area (Å²) in [6.45, 7) is -2.41. The number of carbonyl (C=O) groups excluding carboxylic acids is 1. The van der Waals surface area contributed by atoms with Crippen molar-refractivity contribution in [2.45, 2.75) is 30.6 Å². The number of hydrogen-bond donors (Lipinski definition) is 3. The Labute approximate surface area is 150 Å². The number of carbonyl (C=O) groups is 1. The molecule has 160 valence electrons. The quantitative estimate of drug-likeness (QED) is 0.367. The second-order valence-corrected chi connectivity index (χ2v) is 5.44. The van der Waals surface area contributed by atoms with Crippen LogP contribution >= 0.6 is 0 Å². The molecule has 0 aromatic heterocycles. The van der Waals surface area contributed by atoms with Crippen molar-refractivity contribution < 1.29 is 59.3 Å². The zero-order valence-electron chi connectivity index (χ0n) is 13.5. The molecule has 0 saturated carbocycles. The summed E-state index contributed by atoms with van der Waals surface area (Å²) >= 11 is 0. The fraction of sp³-hybridized carbons (Fsp3) is 0.500. The summed E-state index contributed by atoms with van der Waals surface area (Å²) in [5.74, 6) is -4.11. The number of phenolic OH excluding ortho intramolecular Hbond substituents is 2. The van der Waals surface area contributed by atoms with Gasteiger partial charge in [-0.1, -0.05) is 0 Å². The highest BCUT2D eigenvalue weighted by atomic mass is 19.4. The van der Waals surface area contributed by atoms with E-state index in [0.717, 1.165) is 12.1 Å². The fourth-order valence-corrected chi connectivity index (χ4v) is 2.18. The van der Waals surface area contributed by atoms with Crippen LogP contribution in [0.5, 0.6) is 11.5 Å². The van der Waals surface area contributed by atoms with Crippen molar-refractivity contribution in [1.82, 2.24) is 0 Å². The molecule has 4 N–H and O–H groups in total. The minimum atomic E-state index is -7.00. The van der Waals surface area contributed by atoms with Crippen LogP contribution in [0.2, 0.25) is 0 Å². The first-order valence-corrected chi connectivity index (χ1v) is 7.12. The van der Waals surface area contributed by atoms with E-state index in [4.69, 9.17) is 5.73 Å². The van der Waals surface area contributed by atoms with Crippen LogP contribution in [-0.4, -0.2) is 53.3 Å². The maximum Gasteiger partial charge on any atom is 0.435 e. The Morgan fingerprint density at radius 2 is 1.39 bits per heavy atom. The smallest absolute Gasteiger partial charge is 0.435 e. The summed E-state index contributed by atoms with van der Waals surface area (Å²) in [4.78, 5) is 11.9. The van der Waals surface area contributed by atoms with Gasteiger partial charge < -0.3 is 20.7 Å². The molecule has 0 atom stereocenters. The Hall–Kier alpha value is -2.22. The number of nitrogens with two attached hydrogens (primary N) is 1. The monoisotopic (exact) mass is 429 g/mol. The van der Waals surface area contributed by atoms with Crippen LogP contribution in [-0.2, 0) is 11.2 Å². The molecule has 0 amide bonds. The predicted octanol–water partition coefficient (Wildman–Crippen LogP) is 3.22. The summed E-state index contributed by atoms with van der Waals surface area (Å²) in [6.07, 6.45) is -21.0. The molecule has 0 aliphatic heterocycles. The van der Waals surface area contributed by atoms with Crippen LogP contribution in [0.25, 0.3) is 0 Å². The van der Waals surface area contributed by atoms with Gasteiger partial charge in [-0.15, -0.1) is 0 Å². The number of ketones is 1. The van der Waals surface area contributed by atoms with Gasteiger partial charge in [-0.2, -0.15) is 39.5 Å². The number of hydrogen-bond acceptors (Lipinski definition) is 5. The average Bonchev–Trinajstić information content (AvgIpc) is 2.47. The van der Waals surface area contributed by atoms with Gasteiger partial charge in [0.1, 0.15) is 6.61 Å². The van der Waals surface area contributed by atoms with E-state index >= 15 is 0 Å². The molecule has 1 aromatic carbocycles. The van der Waals surface area contributed by atoms with E-state index in [1.54, 1.807) is 0 Å². The molecular weight excluding hydrogens is 417 g/mol. The summed E-state index contributed by atoms with van der Waals surface area (Å²) in [7, 11) is 0. The van der Waals surface area contributed by atoms with Gasteiger partial charge >= 0.3 is 24.1 Å². The number of benzene rings is 1.